The Bertz CT molecular complexity index is 257. The van der Waals surface area contributed by atoms with Gasteiger partial charge in [0.2, 0.25) is 0 Å². The van der Waals surface area contributed by atoms with Crippen molar-refractivity contribution < 1.29 is 0 Å². The molecule has 21 heavy (non-hydrogen) atoms. The molecule has 0 aromatic carbocycles. The van der Waals surface area contributed by atoms with Crippen LogP contribution in [0.5, 0.6) is 0 Å². The minimum absolute atomic E-state index is 1.28. The van der Waals surface area contributed by atoms with Crippen LogP contribution in [0, 0.1) is 0 Å². The summed E-state index contributed by atoms with van der Waals surface area (Å²) in [6, 6.07) is 0. The second kappa shape index (κ2) is 16.7. The standard InChI is InChI=1S/C17H32I3N/c1-3-13-21(14-4-2)15-11-9-7-5-6-8-10-12-16(18)17(19)20/h3-15H2,1-2H3. The van der Waals surface area contributed by atoms with Gasteiger partial charge in [-0.1, -0.05) is 46.0 Å². The minimum atomic E-state index is 1.28. The number of hydrogen-bond acceptors (Lipinski definition) is 1. The zero-order valence-electron chi connectivity index (χ0n) is 13.8. The molecule has 0 saturated heterocycles. The molecule has 0 amide bonds. The molecule has 0 aliphatic heterocycles. The third-order valence-corrected chi connectivity index (χ3v) is 8.10. The van der Waals surface area contributed by atoms with Crippen LogP contribution in [0.25, 0.3) is 0 Å². The second-order valence-electron chi connectivity index (χ2n) is 5.73. The molecular weight excluding hydrogens is 599 g/mol. The Kier molecular flexibility index (Phi) is 18.2. The van der Waals surface area contributed by atoms with E-state index in [9.17, 15) is 0 Å². The van der Waals surface area contributed by atoms with Gasteiger partial charge in [-0.05, 0) is 120 Å². The zero-order chi connectivity index (χ0) is 15.9. The number of hydrogen-bond donors (Lipinski definition) is 0. The molecule has 0 saturated carbocycles. The van der Waals surface area contributed by atoms with Crippen LogP contribution in [0.4, 0.5) is 0 Å². The molecule has 1 nitrogen and oxygen atoms in total. The molecular formula is C17H32I3N. The highest BCUT2D eigenvalue weighted by atomic mass is 127. The van der Waals surface area contributed by atoms with Gasteiger partial charge in [0.25, 0.3) is 0 Å². The Morgan fingerprint density at radius 2 is 1.14 bits per heavy atom. The van der Waals surface area contributed by atoms with Gasteiger partial charge >= 0.3 is 0 Å². The number of rotatable bonds is 14. The molecule has 0 spiro atoms. The molecule has 0 heterocycles. The molecule has 4 heteroatoms. The SMILES string of the molecule is CCCN(CCC)CCCCCCCCCC(I)=C(I)I. The molecule has 0 bridgehead atoms. The lowest BCUT2D eigenvalue weighted by atomic mass is 10.1. The third kappa shape index (κ3) is 15.2. The first-order valence-electron chi connectivity index (χ1n) is 8.53. The smallest absolute Gasteiger partial charge is 0.0606 e. The number of unbranched alkanes of at least 4 members (excludes halogenated alkanes) is 6. The van der Waals surface area contributed by atoms with Crippen molar-refractivity contribution in [1.29, 1.82) is 0 Å². The average molecular weight is 631 g/mol. The predicted molar refractivity (Wildman–Crippen MR) is 123 cm³/mol. The molecule has 0 fully saturated rings. The van der Waals surface area contributed by atoms with Crippen LogP contribution in [0.3, 0.4) is 0 Å². The van der Waals surface area contributed by atoms with Crippen molar-refractivity contribution in [2.75, 3.05) is 19.6 Å². The van der Waals surface area contributed by atoms with E-state index in [4.69, 9.17) is 0 Å². The molecule has 126 valence electrons. The lowest BCUT2D eigenvalue weighted by Gasteiger charge is -2.20. The quantitative estimate of drug-likeness (QED) is 0.140. The van der Waals surface area contributed by atoms with Crippen molar-refractivity contribution in [3.63, 3.8) is 0 Å². The predicted octanol–water partition coefficient (Wildman–Crippen LogP) is 7.70. The summed E-state index contributed by atoms with van der Waals surface area (Å²) in [6.45, 7) is 8.47. The Morgan fingerprint density at radius 3 is 1.62 bits per heavy atom. The van der Waals surface area contributed by atoms with E-state index >= 15 is 0 Å². The number of allylic oxidation sites excluding steroid dienone is 1. The van der Waals surface area contributed by atoms with Gasteiger partial charge in [-0.2, -0.15) is 0 Å². The summed E-state index contributed by atoms with van der Waals surface area (Å²) < 4.78 is 2.98. The van der Waals surface area contributed by atoms with Gasteiger partial charge in [0.1, 0.15) is 0 Å². The van der Waals surface area contributed by atoms with E-state index in [1.54, 1.807) is 3.58 Å². The summed E-state index contributed by atoms with van der Waals surface area (Å²) in [5, 5.41) is 0. The van der Waals surface area contributed by atoms with E-state index in [1.807, 2.05) is 0 Å². The van der Waals surface area contributed by atoms with Crippen molar-refractivity contribution >= 4 is 67.8 Å². The maximum Gasteiger partial charge on any atom is 0.0606 e. The van der Waals surface area contributed by atoms with Crippen LogP contribution in [0.2, 0.25) is 0 Å². The molecule has 0 aliphatic carbocycles. The fourth-order valence-corrected chi connectivity index (χ4v) is 3.48. The first-order valence-corrected chi connectivity index (χ1v) is 11.8. The van der Waals surface area contributed by atoms with Gasteiger partial charge in [-0.15, -0.1) is 0 Å². The van der Waals surface area contributed by atoms with E-state index in [0.29, 0.717) is 0 Å². The van der Waals surface area contributed by atoms with Crippen LogP contribution >= 0.6 is 67.8 Å². The van der Waals surface area contributed by atoms with Crippen molar-refractivity contribution in [2.45, 2.75) is 78.1 Å². The summed E-state index contributed by atoms with van der Waals surface area (Å²) in [5.74, 6) is 0. The van der Waals surface area contributed by atoms with Gasteiger partial charge in [0, 0.05) is 3.58 Å². The van der Waals surface area contributed by atoms with Crippen molar-refractivity contribution in [3.8, 4) is 0 Å². The van der Waals surface area contributed by atoms with E-state index in [1.165, 1.54) is 85.4 Å². The van der Waals surface area contributed by atoms with Crippen LogP contribution in [-0.2, 0) is 0 Å². The molecule has 0 N–H and O–H groups in total. The summed E-state index contributed by atoms with van der Waals surface area (Å²) in [7, 11) is 0. The van der Waals surface area contributed by atoms with Crippen LogP contribution in [0.1, 0.15) is 78.1 Å². The molecule has 0 aromatic rings. The topological polar surface area (TPSA) is 3.24 Å². The normalized spacial score (nSPS) is 11.1. The summed E-state index contributed by atoms with van der Waals surface area (Å²) in [4.78, 5) is 2.64. The second-order valence-corrected chi connectivity index (χ2v) is 11.3. The Morgan fingerprint density at radius 1 is 0.667 bits per heavy atom. The van der Waals surface area contributed by atoms with Crippen molar-refractivity contribution in [3.05, 3.63) is 5.17 Å². The van der Waals surface area contributed by atoms with Crippen molar-refractivity contribution in [2.24, 2.45) is 0 Å². The largest absolute Gasteiger partial charge is 0.303 e. The monoisotopic (exact) mass is 631 g/mol. The van der Waals surface area contributed by atoms with Gasteiger partial charge < -0.3 is 4.90 Å². The zero-order valence-corrected chi connectivity index (χ0v) is 20.2. The summed E-state index contributed by atoms with van der Waals surface area (Å²) in [6.07, 6.45) is 13.8. The summed E-state index contributed by atoms with van der Waals surface area (Å²) >= 11 is 7.34. The van der Waals surface area contributed by atoms with Gasteiger partial charge in [0.15, 0.2) is 0 Å². The van der Waals surface area contributed by atoms with Crippen molar-refractivity contribution in [1.82, 2.24) is 4.90 Å². The lowest BCUT2D eigenvalue weighted by Crippen LogP contribution is -2.26. The summed E-state index contributed by atoms with van der Waals surface area (Å²) in [5.41, 5.74) is 0. The number of nitrogens with zero attached hydrogens (tertiary/aromatic N) is 1. The average Bonchev–Trinajstić information content (AvgIpc) is 2.45. The molecule has 0 atom stereocenters. The van der Waals surface area contributed by atoms with E-state index in [0.717, 1.165) is 0 Å². The molecule has 0 aromatic heterocycles. The Labute approximate surface area is 173 Å². The maximum atomic E-state index is 2.64. The fourth-order valence-electron chi connectivity index (χ4n) is 2.56. The lowest BCUT2D eigenvalue weighted by molar-refractivity contribution is 0.267. The van der Waals surface area contributed by atoms with Gasteiger partial charge in [0.05, 0.1) is 1.59 Å². The fraction of sp³-hybridized carbons (Fsp3) is 0.882. The molecule has 0 rings (SSSR count). The van der Waals surface area contributed by atoms with E-state index in [-0.39, 0.29) is 0 Å². The third-order valence-electron chi connectivity index (χ3n) is 3.66. The molecule has 0 radical (unpaired) electrons. The highest BCUT2D eigenvalue weighted by molar-refractivity contribution is 14.2. The van der Waals surface area contributed by atoms with E-state index < -0.39 is 0 Å². The van der Waals surface area contributed by atoms with Crippen LogP contribution in [-0.4, -0.2) is 24.5 Å². The van der Waals surface area contributed by atoms with Crippen LogP contribution < -0.4 is 0 Å². The van der Waals surface area contributed by atoms with Crippen LogP contribution in [0.15, 0.2) is 5.17 Å². The first-order chi connectivity index (χ1) is 10.1. The Balaban J connectivity index is 3.37. The first kappa shape index (κ1) is 22.9. The number of halogens is 3. The van der Waals surface area contributed by atoms with E-state index in [2.05, 4.69) is 86.5 Å². The Hall–Kier alpha value is 1.89. The van der Waals surface area contributed by atoms with Gasteiger partial charge in [-0.3, -0.25) is 0 Å². The maximum absolute atomic E-state index is 2.64. The van der Waals surface area contributed by atoms with Gasteiger partial charge in [-0.25, -0.2) is 0 Å². The highest BCUT2D eigenvalue weighted by Crippen LogP contribution is 2.29. The molecule has 0 unspecified atom stereocenters. The molecule has 0 aliphatic rings. The minimum Gasteiger partial charge on any atom is -0.303 e. The highest BCUT2D eigenvalue weighted by Gasteiger charge is 2.02.